The first-order valence-corrected chi connectivity index (χ1v) is 44.0. The van der Waals surface area contributed by atoms with Crippen LogP contribution in [0.2, 0.25) is 0 Å². The van der Waals surface area contributed by atoms with Crippen molar-refractivity contribution in [3.63, 3.8) is 0 Å². The summed E-state index contributed by atoms with van der Waals surface area (Å²) in [7, 11) is 0. The number of rotatable bonds is 10. The van der Waals surface area contributed by atoms with Gasteiger partial charge in [-0.25, -0.2) is 0 Å². The van der Waals surface area contributed by atoms with Crippen LogP contribution in [-0.2, 0) is 0 Å². The molecule has 0 saturated heterocycles. The highest BCUT2D eigenvalue weighted by Gasteiger charge is 2.17. The van der Waals surface area contributed by atoms with Crippen molar-refractivity contribution in [2.24, 2.45) is 0 Å². The second-order valence-electron chi connectivity index (χ2n) is 30.1. The zero-order valence-corrected chi connectivity index (χ0v) is 68.3. The highest BCUT2D eigenvalue weighted by molar-refractivity contribution is 7.27. The van der Waals surface area contributed by atoms with Crippen LogP contribution in [0.25, 0.3) is 189 Å². The number of anilines is 8. The number of nitrogens with one attached hydrogen (secondary N) is 4. The van der Waals surface area contributed by atoms with Crippen LogP contribution in [0.15, 0.2) is 401 Å². The summed E-state index contributed by atoms with van der Waals surface area (Å²) in [6.07, 6.45) is 0. The quantitative estimate of drug-likeness (QED) is 0.109. The van der Waals surface area contributed by atoms with Gasteiger partial charge in [-0.1, -0.05) is 206 Å². The van der Waals surface area contributed by atoms with Crippen LogP contribution in [0.1, 0.15) is 0 Å². The summed E-state index contributed by atoms with van der Waals surface area (Å²) in [4.78, 5) is 0. The molecular formula is C108H68N4O3S5. The van der Waals surface area contributed by atoms with Gasteiger partial charge in [0.05, 0.1) is 0 Å². The van der Waals surface area contributed by atoms with Crippen molar-refractivity contribution in [3.8, 4) is 22.3 Å². The summed E-state index contributed by atoms with van der Waals surface area (Å²) in [5.74, 6) is 0. The smallest absolute Gasteiger partial charge is 0.135 e. The number of benzene rings is 18. The topological polar surface area (TPSA) is 87.5 Å². The zero-order chi connectivity index (χ0) is 79.1. The van der Waals surface area contributed by atoms with E-state index in [4.69, 9.17) is 13.3 Å². The molecule has 568 valence electrons. The van der Waals surface area contributed by atoms with Gasteiger partial charge in [-0.2, -0.15) is 0 Å². The fraction of sp³-hybridized carbons (Fsp3) is 0. The van der Waals surface area contributed by atoms with Gasteiger partial charge in [0, 0.05) is 179 Å². The maximum atomic E-state index is 5.93. The van der Waals surface area contributed by atoms with E-state index < -0.39 is 0 Å². The summed E-state index contributed by atoms with van der Waals surface area (Å²) in [5.41, 5.74) is 19.2. The molecule has 0 aliphatic rings. The van der Waals surface area contributed by atoms with Crippen molar-refractivity contribution in [2.75, 3.05) is 21.3 Å². The Labute approximate surface area is 708 Å². The van der Waals surface area contributed by atoms with Crippen molar-refractivity contribution in [1.29, 1.82) is 0 Å². The third kappa shape index (κ3) is 13.2. The molecule has 0 aliphatic heterocycles. The molecule has 0 bridgehead atoms. The fourth-order valence-electron chi connectivity index (χ4n) is 16.9. The van der Waals surface area contributed by atoms with Gasteiger partial charge < -0.3 is 34.5 Å². The predicted molar refractivity (Wildman–Crippen MR) is 522 cm³/mol. The molecule has 4 N–H and O–H groups in total. The lowest BCUT2D eigenvalue weighted by molar-refractivity contribution is 0.668. The van der Waals surface area contributed by atoms with Crippen LogP contribution in [0.4, 0.5) is 45.5 Å². The van der Waals surface area contributed by atoms with Gasteiger partial charge in [0.1, 0.15) is 33.5 Å². The minimum Gasteiger partial charge on any atom is -0.456 e. The van der Waals surface area contributed by atoms with Crippen molar-refractivity contribution < 1.29 is 13.3 Å². The average molecular weight is 1630 g/mol. The summed E-state index contributed by atoms with van der Waals surface area (Å²) in [6.45, 7) is 0. The Hall–Kier alpha value is -14.3. The molecule has 18 aromatic carbocycles. The molecular weight excluding hydrogens is 1560 g/mol. The van der Waals surface area contributed by atoms with Gasteiger partial charge in [-0.15, -0.1) is 56.7 Å². The first kappa shape index (κ1) is 71.0. The van der Waals surface area contributed by atoms with Gasteiger partial charge >= 0.3 is 0 Å². The lowest BCUT2D eigenvalue weighted by Gasteiger charge is -2.10. The molecule has 26 rings (SSSR count). The Bertz CT molecular complexity index is 7440. The summed E-state index contributed by atoms with van der Waals surface area (Å²) >= 11 is 9.30. The van der Waals surface area contributed by atoms with E-state index in [1.807, 2.05) is 142 Å². The van der Waals surface area contributed by atoms with Gasteiger partial charge in [-0.3, -0.25) is 0 Å². The minimum atomic E-state index is 0.901. The van der Waals surface area contributed by atoms with Gasteiger partial charge in [0.15, 0.2) is 0 Å². The predicted octanol–water partition coefficient (Wildman–Crippen LogP) is 34.6. The summed E-state index contributed by atoms with van der Waals surface area (Å²) < 4.78 is 31.1. The molecule has 0 saturated carbocycles. The third-order valence-corrected chi connectivity index (χ3v) is 28.5. The van der Waals surface area contributed by atoms with Crippen molar-refractivity contribution in [2.45, 2.75) is 0 Å². The lowest BCUT2D eigenvalue weighted by Crippen LogP contribution is -1.90. The number of thiophene rings is 5. The standard InChI is InChI=1S/C36H23NS2.C24H15NO2.C24H15NOS.C24H15NS2/c1-3-13-33-29(7-1)31-11-5-9-27(35(31)38-33)23-15-19-25(20-16-23)37-26-21-17-24(18-22-26)28-10-6-12-32-30-8-2-4-14-34(30)39-36(28)32;1-3-7-21-17(5-1)19-13-15(9-11-23(19)26-21)25-16-10-12-24-20(14-16)18-6-2-4-8-22(18)27-24;1-3-7-21-17(5-1)19-13-15(9-11-22(19)26-21)25-16-10-12-24-20(14-16)18-6-2-4-8-23(18)27-24;1-3-7-21-17(5-1)19-13-15(9-11-23(19)26-21)25-16-10-12-24-20(14-16)18-6-2-4-8-22(18)27-24/h1-22,37H;3*1-14,25H. The molecule has 8 aromatic heterocycles. The maximum absolute atomic E-state index is 5.93. The molecule has 12 heteroatoms. The molecule has 0 fully saturated rings. The van der Waals surface area contributed by atoms with Crippen LogP contribution in [-0.4, -0.2) is 0 Å². The lowest BCUT2D eigenvalue weighted by atomic mass is 10.0. The molecule has 7 nitrogen and oxygen atoms in total. The molecule has 0 unspecified atom stereocenters. The Morgan fingerprint density at radius 2 is 0.375 bits per heavy atom. The van der Waals surface area contributed by atoms with Crippen molar-refractivity contribution >= 4 is 269 Å². The SMILES string of the molecule is c1ccc2c(c1)oc1ccc(Nc3ccc4oc5ccccc5c4c3)cc12.c1ccc2c(c1)oc1ccc(Nc3ccc4sc5ccccc5c4c3)cc12.c1ccc2c(c1)sc1c(-c3ccc(Nc4ccc(-c5cccc6c5sc5ccccc56)cc4)cc3)cccc12.c1ccc2c(c1)sc1ccc(Nc3ccc4sc5ccccc5c4c3)cc12. The first-order chi connectivity index (χ1) is 59.4. The van der Waals surface area contributed by atoms with E-state index >= 15 is 0 Å². The molecule has 0 amide bonds. The Morgan fingerprint density at radius 1 is 0.150 bits per heavy atom. The van der Waals surface area contributed by atoms with Crippen LogP contribution < -0.4 is 21.3 Å². The number of para-hydroxylation sites is 3. The van der Waals surface area contributed by atoms with E-state index in [9.17, 15) is 0 Å². The molecule has 0 radical (unpaired) electrons. The van der Waals surface area contributed by atoms with E-state index in [1.54, 1.807) is 0 Å². The highest BCUT2D eigenvalue weighted by Crippen LogP contribution is 2.46. The zero-order valence-electron chi connectivity index (χ0n) is 64.2. The van der Waals surface area contributed by atoms with Crippen LogP contribution in [0, 0.1) is 0 Å². The second kappa shape index (κ2) is 30.0. The van der Waals surface area contributed by atoms with E-state index in [-0.39, 0.29) is 0 Å². The number of fused-ring (bicyclic) bond motifs is 24. The summed E-state index contributed by atoms with van der Waals surface area (Å²) in [5, 5.41) is 34.3. The molecule has 120 heavy (non-hydrogen) atoms. The Morgan fingerprint density at radius 3 is 0.700 bits per heavy atom. The molecule has 8 heterocycles. The number of furan rings is 3. The summed E-state index contributed by atoms with van der Waals surface area (Å²) in [6, 6.07) is 137. The van der Waals surface area contributed by atoms with Gasteiger partial charge in [0.25, 0.3) is 0 Å². The monoisotopic (exact) mass is 1630 g/mol. The molecule has 0 atom stereocenters. The van der Waals surface area contributed by atoms with E-state index in [2.05, 4.69) is 325 Å². The number of hydrogen-bond acceptors (Lipinski definition) is 12. The van der Waals surface area contributed by atoms with Gasteiger partial charge in [0.2, 0.25) is 0 Å². The van der Waals surface area contributed by atoms with E-state index in [0.717, 1.165) is 111 Å². The van der Waals surface area contributed by atoms with E-state index in [0.29, 0.717) is 0 Å². The maximum Gasteiger partial charge on any atom is 0.135 e. The molecule has 0 spiro atoms. The Balaban J connectivity index is 0.0000000947. The van der Waals surface area contributed by atoms with Crippen molar-refractivity contribution in [1.82, 2.24) is 0 Å². The second-order valence-corrected chi connectivity index (χ2v) is 35.4. The number of hydrogen-bond donors (Lipinski definition) is 4. The van der Waals surface area contributed by atoms with Crippen LogP contribution in [0.5, 0.6) is 0 Å². The first-order valence-electron chi connectivity index (χ1n) is 39.9. The Kier molecular flexibility index (Phi) is 17.7. The molecule has 0 aliphatic carbocycles. The third-order valence-electron chi connectivity index (χ3n) is 22.6. The average Bonchev–Trinajstić information content (AvgIpc) is 1.47. The molecule has 26 aromatic rings. The normalized spacial score (nSPS) is 11.7. The largest absolute Gasteiger partial charge is 0.456 e. The highest BCUT2D eigenvalue weighted by atomic mass is 32.1. The van der Waals surface area contributed by atoms with Gasteiger partial charge in [-0.05, 0) is 204 Å². The van der Waals surface area contributed by atoms with Crippen molar-refractivity contribution in [3.05, 3.63) is 388 Å². The minimum absolute atomic E-state index is 0.901. The van der Waals surface area contributed by atoms with E-state index in [1.165, 1.54) is 123 Å². The van der Waals surface area contributed by atoms with Crippen LogP contribution >= 0.6 is 56.7 Å². The fourth-order valence-corrected chi connectivity index (χ4v) is 22.6. The van der Waals surface area contributed by atoms with Crippen LogP contribution in [0.3, 0.4) is 0 Å².